The van der Waals surface area contributed by atoms with Crippen LogP contribution in [0.1, 0.15) is 12.8 Å². The van der Waals surface area contributed by atoms with Crippen LogP contribution in [0.3, 0.4) is 0 Å². The van der Waals surface area contributed by atoms with Gasteiger partial charge in [-0.25, -0.2) is 0 Å². The van der Waals surface area contributed by atoms with Crippen molar-refractivity contribution in [3.05, 3.63) is 18.2 Å². The molecule has 2 amide bonds. The van der Waals surface area contributed by atoms with Crippen molar-refractivity contribution in [2.45, 2.75) is 12.8 Å². The SMILES string of the molecule is COC(=O)CCC(=O)NCC(=O)Nc1ccc2c(c1)OCCO2. The first-order valence-corrected chi connectivity index (χ1v) is 7.11. The second-order valence-corrected chi connectivity index (χ2v) is 4.76. The Morgan fingerprint density at radius 2 is 1.83 bits per heavy atom. The number of carbonyl (C=O) groups is 3. The van der Waals surface area contributed by atoms with Gasteiger partial charge < -0.3 is 24.8 Å². The molecule has 1 aliphatic rings. The topological polar surface area (TPSA) is 103 Å². The molecule has 0 atom stereocenters. The van der Waals surface area contributed by atoms with Gasteiger partial charge in [0.2, 0.25) is 11.8 Å². The second kappa shape index (κ2) is 8.02. The van der Waals surface area contributed by atoms with Crippen molar-refractivity contribution in [2.75, 3.05) is 32.2 Å². The van der Waals surface area contributed by atoms with Gasteiger partial charge in [0.15, 0.2) is 11.5 Å². The Labute approximate surface area is 133 Å². The molecule has 8 heteroatoms. The maximum Gasteiger partial charge on any atom is 0.306 e. The lowest BCUT2D eigenvalue weighted by molar-refractivity contribution is -0.142. The fourth-order valence-corrected chi connectivity index (χ4v) is 1.91. The molecule has 0 saturated carbocycles. The van der Waals surface area contributed by atoms with Gasteiger partial charge in [0.1, 0.15) is 13.2 Å². The molecule has 0 unspecified atom stereocenters. The highest BCUT2D eigenvalue weighted by Crippen LogP contribution is 2.32. The summed E-state index contributed by atoms with van der Waals surface area (Å²) in [5.74, 6) is -0.0526. The van der Waals surface area contributed by atoms with Gasteiger partial charge in [-0.2, -0.15) is 0 Å². The summed E-state index contributed by atoms with van der Waals surface area (Å²) in [6.45, 7) is 0.769. The highest BCUT2D eigenvalue weighted by molar-refractivity contribution is 5.95. The van der Waals surface area contributed by atoms with Crippen LogP contribution in [0.25, 0.3) is 0 Å². The molecule has 0 radical (unpaired) electrons. The molecular weight excluding hydrogens is 304 g/mol. The van der Waals surface area contributed by atoms with Gasteiger partial charge in [-0.3, -0.25) is 14.4 Å². The summed E-state index contributed by atoms with van der Waals surface area (Å²) >= 11 is 0. The van der Waals surface area contributed by atoms with E-state index in [0.717, 1.165) is 0 Å². The summed E-state index contributed by atoms with van der Waals surface area (Å²) < 4.78 is 15.2. The van der Waals surface area contributed by atoms with Crippen LogP contribution in [0, 0.1) is 0 Å². The molecule has 0 aliphatic carbocycles. The summed E-state index contributed by atoms with van der Waals surface area (Å²) in [6, 6.07) is 5.05. The fraction of sp³-hybridized carbons (Fsp3) is 0.400. The van der Waals surface area contributed by atoms with Crippen molar-refractivity contribution in [3.8, 4) is 11.5 Å². The minimum absolute atomic E-state index is 0.0217. The van der Waals surface area contributed by atoms with Crippen LogP contribution in [-0.2, 0) is 19.1 Å². The monoisotopic (exact) mass is 322 g/mol. The Balaban J connectivity index is 1.76. The summed E-state index contributed by atoms with van der Waals surface area (Å²) in [5.41, 5.74) is 0.544. The lowest BCUT2D eigenvalue weighted by Crippen LogP contribution is -2.33. The number of anilines is 1. The van der Waals surface area contributed by atoms with E-state index in [1.54, 1.807) is 18.2 Å². The molecular formula is C15H18N2O6. The third-order valence-electron chi connectivity index (χ3n) is 3.06. The summed E-state index contributed by atoms with van der Waals surface area (Å²) in [4.78, 5) is 34.2. The number of esters is 1. The third-order valence-corrected chi connectivity index (χ3v) is 3.06. The van der Waals surface area contributed by atoms with Crippen LogP contribution in [0.2, 0.25) is 0 Å². The number of fused-ring (bicyclic) bond motifs is 1. The number of hydrogen-bond acceptors (Lipinski definition) is 6. The smallest absolute Gasteiger partial charge is 0.306 e. The third kappa shape index (κ3) is 5.17. The lowest BCUT2D eigenvalue weighted by Gasteiger charge is -2.19. The van der Waals surface area contributed by atoms with Gasteiger partial charge in [-0.1, -0.05) is 0 Å². The number of amides is 2. The van der Waals surface area contributed by atoms with E-state index < -0.39 is 11.9 Å². The quantitative estimate of drug-likeness (QED) is 0.738. The zero-order chi connectivity index (χ0) is 16.7. The first-order valence-electron chi connectivity index (χ1n) is 7.11. The first-order chi connectivity index (χ1) is 11.1. The zero-order valence-electron chi connectivity index (χ0n) is 12.7. The lowest BCUT2D eigenvalue weighted by atomic mass is 10.2. The minimum atomic E-state index is -0.471. The predicted molar refractivity (Wildman–Crippen MR) is 80.3 cm³/mol. The molecule has 0 bridgehead atoms. The number of nitrogens with one attached hydrogen (secondary N) is 2. The molecule has 1 aliphatic heterocycles. The highest BCUT2D eigenvalue weighted by atomic mass is 16.6. The molecule has 2 N–H and O–H groups in total. The van der Waals surface area contributed by atoms with E-state index in [1.165, 1.54) is 7.11 Å². The highest BCUT2D eigenvalue weighted by Gasteiger charge is 2.13. The Hall–Kier alpha value is -2.77. The zero-order valence-corrected chi connectivity index (χ0v) is 12.7. The van der Waals surface area contributed by atoms with E-state index >= 15 is 0 Å². The van der Waals surface area contributed by atoms with Crippen LogP contribution < -0.4 is 20.1 Å². The molecule has 0 spiro atoms. The van der Waals surface area contributed by atoms with Crippen molar-refractivity contribution >= 4 is 23.5 Å². The molecule has 23 heavy (non-hydrogen) atoms. The van der Waals surface area contributed by atoms with E-state index in [0.29, 0.717) is 30.4 Å². The molecule has 8 nitrogen and oxygen atoms in total. The van der Waals surface area contributed by atoms with Gasteiger partial charge in [0.05, 0.1) is 20.1 Å². The van der Waals surface area contributed by atoms with E-state index in [1.807, 2.05) is 0 Å². The van der Waals surface area contributed by atoms with Crippen LogP contribution in [-0.4, -0.2) is 44.7 Å². The van der Waals surface area contributed by atoms with Crippen LogP contribution in [0.4, 0.5) is 5.69 Å². The molecule has 2 rings (SSSR count). The van der Waals surface area contributed by atoms with E-state index in [9.17, 15) is 14.4 Å². The number of carbonyl (C=O) groups excluding carboxylic acids is 3. The summed E-state index contributed by atoms with van der Waals surface area (Å²) in [5, 5.41) is 5.07. The first kappa shape index (κ1) is 16.6. The van der Waals surface area contributed by atoms with Gasteiger partial charge in [0, 0.05) is 18.2 Å². The van der Waals surface area contributed by atoms with Gasteiger partial charge in [-0.15, -0.1) is 0 Å². The average molecular weight is 322 g/mol. The number of benzene rings is 1. The Kier molecular flexibility index (Phi) is 5.79. The maximum absolute atomic E-state index is 11.8. The Bertz CT molecular complexity index is 602. The van der Waals surface area contributed by atoms with Crippen LogP contribution >= 0.6 is 0 Å². The van der Waals surface area contributed by atoms with E-state index in [2.05, 4.69) is 15.4 Å². The minimum Gasteiger partial charge on any atom is -0.486 e. The average Bonchev–Trinajstić information content (AvgIpc) is 2.57. The summed E-state index contributed by atoms with van der Waals surface area (Å²) in [6.07, 6.45) is -0.0455. The van der Waals surface area contributed by atoms with Crippen LogP contribution in [0.15, 0.2) is 18.2 Å². The Morgan fingerprint density at radius 1 is 1.09 bits per heavy atom. The van der Waals surface area contributed by atoms with Gasteiger partial charge >= 0.3 is 5.97 Å². The molecule has 1 heterocycles. The van der Waals surface area contributed by atoms with E-state index in [4.69, 9.17) is 9.47 Å². The summed E-state index contributed by atoms with van der Waals surface area (Å²) in [7, 11) is 1.25. The molecule has 1 aromatic carbocycles. The molecule has 0 saturated heterocycles. The van der Waals surface area contributed by atoms with Crippen molar-refractivity contribution in [1.29, 1.82) is 0 Å². The van der Waals surface area contributed by atoms with Gasteiger partial charge in [-0.05, 0) is 12.1 Å². The normalized spacial score (nSPS) is 12.2. The predicted octanol–water partition coefficient (Wildman–Crippen LogP) is 0.466. The Morgan fingerprint density at radius 3 is 2.57 bits per heavy atom. The molecule has 0 aromatic heterocycles. The molecule has 0 fully saturated rings. The molecule has 124 valence electrons. The second-order valence-electron chi connectivity index (χ2n) is 4.76. The number of methoxy groups -OCH3 is 1. The van der Waals surface area contributed by atoms with Crippen LogP contribution in [0.5, 0.6) is 11.5 Å². The number of rotatable bonds is 6. The van der Waals surface area contributed by atoms with E-state index in [-0.39, 0.29) is 25.3 Å². The molecule has 1 aromatic rings. The van der Waals surface area contributed by atoms with Gasteiger partial charge in [0.25, 0.3) is 0 Å². The van der Waals surface area contributed by atoms with Crippen molar-refractivity contribution < 1.29 is 28.6 Å². The maximum atomic E-state index is 11.8. The number of hydrogen-bond donors (Lipinski definition) is 2. The standard InChI is InChI=1S/C15H18N2O6/c1-21-15(20)5-4-13(18)16-9-14(19)17-10-2-3-11-12(8-10)23-7-6-22-11/h2-3,8H,4-7,9H2,1H3,(H,16,18)(H,17,19). The van der Waals surface area contributed by atoms with Crippen molar-refractivity contribution in [1.82, 2.24) is 5.32 Å². The van der Waals surface area contributed by atoms with Crippen molar-refractivity contribution in [3.63, 3.8) is 0 Å². The largest absolute Gasteiger partial charge is 0.486 e. The van der Waals surface area contributed by atoms with Crippen molar-refractivity contribution in [2.24, 2.45) is 0 Å². The number of ether oxygens (including phenoxy) is 3. The fourth-order valence-electron chi connectivity index (χ4n) is 1.91.